The van der Waals surface area contributed by atoms with E-state index in [-0.39, 0.29) is 0 Å². The minimum Gasteiger partial charge on any atom is -0.310 e. The van der Waals surface area contributed by atoms with Gasteiger partial charge in [-0.3, -0.25) is 0 Å². The Morgan fingerprint density at radius 2 is 2.07 bits per heavy atom. The van der Waals surface area contributed by atoms with Gasteiger partial charge in [-0.2, -0.15) is 0 Å². The maximum Gasteiger partial charge on any atom is 0.0348 e. The van der Waals surface area contributed by atoms with E-state index in [9.17, 15) is 0 Å². The van der Waals surface area contributed by atoms with Crippen molar-refractivity contribution in [3.8, 4) is 0 Å². The summed E-state index contributed by atoms with van der Waals surface area (Å²) in [5.41, 5.74) is 1.42. The predicted molar refractivity (Wildman–Crippen MR) is 59.9 cm³/mol. The lowest BCUT2D eigenvalue weighted by Gasteiger charge is -2.32. The van der Waals surface area contributed by atoms with E-state index in [0.717, 1.165) is 13.0 Å². The van der Waals surface area contributed by atoms with E-state index in [1.54, 1.807) is 0 Å². The summed E-state index contributed by atoms with van der Waals surface area (Å²) >= 11 is 0. The van der Waals surface area contributed by atoms with Gasteiger partial charge < -0.3 is 5.32 Å². The van der Waals surface area contributed by atoms with Gasteiger partial charge in [-0.15, -0.1) is 0 Å². The van der Waals surface area contributed by atoms with Crippen LogP contribution in [0.1, 0.15) is 30.9 Å². The van der Waals surface area contributed by atoms with Crippen LogP contribution in [0.25, 0.3) is 0 Å². The second-order valence-electron chi connectivity index (χ2n) is 4.03. The van der Waals surface area contributed by atoms with Crippen molar-refractivity contribution in [3.05, 3.63) is 42.8 Å². The third-order valence-corrected chi connectivity index (χ3v) is 3.12. The Hall–Kier alpha value is -0.820. The molecule has 1 aliphatic rings. The molecule has 1 aromatic rings. The predicted octanol–water partition coefficient (Wildman–Crippen LogP) is 2.95. The van der Waals surface area contributed by atoms with Gasteiger partial charge in [0.2, 0.25) is 0 Å². The van der Waals surface area contributed by atoms with E-state index in [0.29, 0.717) is 12.0 Å². The molecule has 1 aliphatic heterocycles. The van der Waals surface area contributed by atoms with Crippen LogP contribution in [0.15, 0.2) is 30.3 Å². The van der Waals surface area contributed by atoms with Gasteiger partial charge in [-0.25, -0.2) is 0 Å². The Kier molecular flexibility index (Phi) is 3.20. The fourth-order valence-electron chi connectivity index (χ4n) is 2.32. The Bertz CT molecular complexity index is 268. The first-order valence-electron chi connectivity index (χ1n) is 5.49. The molecule has 1 heteroatoms. The summed E-state index contributed by atoms with van der Waals surface area (Å²) in [5.74, 6) is 0.714. The molecule has 1 saturated heterocycles. The summed E-state index contributed by atoms with van der Waals surface area (Å²) < 4.78 is 0. The van der Waals surface area contributed by atoms with Crippen LogP contribution in [0.2, 0.25) is 0 Å². The summed E-state index contributed by atoms with van der Waals surface area (Å²) in [5, 5.41) is 3.60. The molecule has 1 radical (unpaired) electrons. The highest BCUT2D eigenvalue weighted by atomic mass is 14.9. The van der Waals surface area contributed by atoms with Crippen LogP contribution in [0.5, 0.6) is 0 Å². The highest BCUT2D eigenvalue weighted by molar-refractivity contribution is 5.20. The first kappa shape index (κ1) is 9.72. The molecular weight excluding hydrogens is 170 g/mol. The average Bonchev–Trinajstić information content (AvgIpc) is 2.30. The zero-order chi connectivity index (χ0) is 9.80. The topological polar surface area (TPSA) is 12.0 Å². The lowest BCUT2D eigenvalue weighted by molar-refractivity contribution is 0.285. The molecule has 1 nitrogen and oxygen atoms in total. The summed E-state index contributed by atoms with van der Waals surface area (Å²) in [6.07, 6.45) is 3.64. The third-order valence-electron chi connectivity index (χ3n) is 3.12. The SMILES string of the molecule is [CH2]CC1CCCNC1c1ccccc1. The van der Waals surface area contributed by atoms with Gasteiger partial charge in [-0.05, 0) is 37.3 Å². The van der Waals surface area contributed by atoms with E-state index in [2.05, 4.69) is 42.6 Å². The summed E-state index contributed by atoms with van der Waals surface area (Å²) in [7, 11) is 0. The summed E-state index contributed by atoms with van der Waals surface area (Å²) in [4.78, 5) is 0. The fraction of sp³-hybridized carbons (Fsp3) is 0.462. The molecule has 0 spiro atoms. The van der Waals surface area contributed by atoms with Crippen LogP contribution in [0, 0.1) is 12.8 Å². The Morgan fingerprint density at radius 3 is 2.79 bits per heavy atom. The van der Waals surface area contributed by atoms with E-state index in [1.165, 1.54) is 18.4 Å². The summed E-state index contributed by atoms with van der Waals surface area (Å²) in [6.45, 7) is 5.19. The largest absolute Gasteiger partial charge is 0.310 e. The quantitative estimate of drug-likeness (QED) is 0.752. The van der Waals surface area contributed by atoms with E-state index in [4.69, 9.17) is 0 Å². The number of hydrogen-bond donors (Lipinski definition) is 1. The fourth-order valence-corrected chi connectivity index (χ4v) is 2.32. The highest BCUT2D eigenvalue weighted by Gasteiger charge is 2.23. The smallest absolute Gasteiger partial charge is 0.0348 e. The van der Waals surface area contributed by atoms with Crippen molar-refractivity contribution in [3.63, 3.8) is 0 Å². The molecule has 1 N–H and O–H groups in total. The first-order valence-corrected chi connectivity index (χ1v) is 5.49. The zero-order valence-corrected chi connectivity index (χ0v) is 8.58. The standard InChI is InChI=1S/C13H18N/c1-2-11-9-6-10-14-13(11)12-7-4-3-5-8-12/h3-5,7-8,11,13-14H,1-2,6,9-10H2. The number of benzene rings is 1. The van der Waals surface area contributed by atoms with Crippen LogP contribution in [-0.2, 0) is 0 Å². The molecule has 75 valence electrons. The van der Waals surface area contributed by atoms with Crippen molar-refractivity contribution in [1.29, 1.82) is 0 Å². The van der Waals surface area contributed by atoms with Gasteiger partial charge in [0.05, 0.1) is 0 Å². The van der Waals surface area contributed by atoms with Crippen LogP contribution in [0.4, 0.5) is 0 Å². The zero-order valence-electron chi connectivity index (χ0n) is 8.58. The summed E-state index contributed by atoms with van der Waals surface area (Å²) in [6, 6.07) is 11.3. The van der Waals surface area contributed by atoms with E-state index < -0.39 is 0 Å². The van der Waals surface area contributed by atoms with E-state index in [1.807, 2.05) is 0 Å². The lowest BCUT2D eigenvalue weighted by atomic mass is 9.85. The van der Waals surface area contributed by atoms with Crippen molar-refractivity contribution in [2.75, 3.05) is 6.54 Å². The van der Waals surface area contributed by atoms with Gasteiger partial charge in [0.1, 0.15) is 0 Å². The number of rotatable bonds is 2. The van der Waals surface area contributed by atoms with Gasteiger partial charge in [0, 0.05) is 6.04 Å². The van der Waals surface area contributed by atoms with Crippen molar-refractivity contribution >= 4 is 0 Å². The van der Waals surface area contributed by atoms with Gasteiger partial charge in [0.25, 0.3) is 0 Å². The Morgan fingerprint density at radius 1 is 1.29 bits per heavy atom. The van der Waals surface area contributed by atoms with Crippen molar-refractivity contribution in [2.45, 2.75) is 25.3 Å². The Balaban J connectivity index is 2.15. The number of nitrogens with one attached hydrogen (secondary N) is 1. The molecule has 2 rings (SSSR count). The minimum atomic E-state index is 0.530. The van der Waals surface area contributed by atoms with Crippen LogP contribution in [0.3, 0.4) is 0 Å². The maximum atomic E-state index is 4.05. The Labute approximate surface area is 86.5 Å². The van der Waals surface area contributed by atoms with Gasteiger partial charge in [0.15, 0.2) is 0 Å². The second-order valence-corrected chi connectivity index (χ2v) is 4.03. The molecule has 1 fully saturated rings. The first-order chi connectivity index (χ1) is 6.92. The molecule has 0 aromatic heterocycles. The molecule has 2 unspecified atom stereocenters. The van der Waals surface area contributed by atoms with Gasteiger partial charge in [-0.1, -0.05) is 37.3 Å². The molecule has 0 amide bonds. The minimum absolute atomic E-state index is 0.530. The maximum absolute atomic E-state index is 4.05. The normalized spacial score (nSPS) is 27.5. The molecule has 2 atom stereocenters. The molecule has 0 bridgehead atoms. The van der Waals surface area contributed by atoms with Crippen LogP contribution < -0.4 is 5.32 Å². The molecule has 1 aromatic carbocycles. The molecular formula is C13H18N. The number of piperidine rings is 1. The van der Waals surface area contributed by atoms with Gasteiger partial charge >= 0.3 is 0 Å². The molecule has 1 heterocycles. The van der Waals surface area contributed by atoms with Crippen LogP contribution >= 0.6 is 0 Å². The van der Waals surface area contributed by atoms with E-state index >= 15 is 0 Å². The molecule has 14 heavy (non-hydrogen) atoms. The van der Waals surface area contributed by atoms with Crippen molar-refractivity contribution in [2.24, 2.45) is 5.92 Å². The second kappa shape index (κ2) is 4.61. The highest BCUT2D eigenvalue weighted by Crippen LogP contribution is 2.30. The van der Waals surface area contributed by atoms with Crippen LogP contribution in [-0.4, -0.2) is 6.54 Å². The third kappa shape index (κ3) is 1.98. The molecule has 0 aliphatic carbocycles. The lowest BCUT2D eigenvalue weighted by Crippen LogP contribution is -2.33. The van der Waals surface area contributed by atoms with Crippen molar-refractivity contribution < 1.29 is 0 Å². The average molecular weight is 188 g/mol. The van der Waals surface area contributed by atoms with Crippen molar-refractivity contribution in [1.82, 2.24) is 5.32 Å². The number of hydrogen-bond acceptors (Lipinski definition) is 1. The molecule has 0 saturated carbocycles. The monoisotopic (exact) mass is 188 g/mol.